The highest BCUT2D eigenvalue weighted by Gasteiger charge is 2.37. The Bertz CT molecular complexity index is 758. The summed E-state index contributed by atoms with van der Waals surface area (Å²) in [6.45, 7) is 0.198. The monoisotopic (exact) mass is 399 g/mol. The molecule has 0 aromatic heterocycles. The maximum Gasteiger partial charge on any atom is 0.454 e. The van der Waals surface area contributed by atoms with Crippen LogP contribution in [0.3, 0.4) is 0 Å². The molecule has 0 amide bonds. The first-order valence-electron chi connectivity index (χ1n) is 6.87. The van der Waals surface area contributed by atoms with Crippen LogP contribution in [0, 0.1) is 0 Å². The van der Waals surface area contributed by atoms with Crippen molar-refractivity contribution in [1.82, 2.24) is 5.32 Å². The van der Waals surface area contributed by atoms with E-state index in [4.69, 9.17) is 0 Å². The molecule has 0 aliphatic rings. The van der Waals surface area contributed by atoms with Crippen molar-refractivity contribution in [1.29, 1.82) is 0 Å². The molecule has 0 bridgehead atoms. The molecule has 0 unspecified atom stereocenters. The number of hydrogen-bond donors (Lipinski definition) is 2. The molecular formula is C17H13BrF3NO2. The van der Waals surface area contributed by atoms with Crippen LogP contribution < -0.4 is 5.32 Å². The van der Waals surface area contributed by atoms with E-state index < -0.39 is 12.0 Å². The van der Waals surface area contributed by atoms with Gasteiger partial charge in [0.2, 0.25) is 0 Å². The zero-order valence-corrected chi connectivity index (χ0v) is 13.9. The third-order valence-electron chi connectivity index (χ3n) is 3.13. The Morgan fingerprint density at radius 3 is 2.46 bits per heavy atom. The summed E-state index contributed by atoms with van der Waals surface area (Å²) >= 11 is 3.19. The summed E-state index contributed by atoms with van der Waals surface area (Å²) < 4.78 is 38.3. The van der Waals surface area contributed by atoms with Gasteiger partial charge in [-0.3, -0.25) is 4.79 Å². The van der Waals surface area contributed by atoms with Crippen LogP contribution >= 0.6 is 15.9 Å². The Hall–Kier alpha value is -2.28. The van der Waals surface area contributed by atoms with E-state index in [0.29, 0.717) is 10.5 Å². The van der Waals surface area contributed by atoms with Gasteiger partial charge in [-0.2, -0.15) is 13.2 Å². The number of allylic oxidation sites excluding steroid dienone is 1. The molecule has 2 rings (SSSR count). The van der Waals surface area contributed by atoms with E-state index >= 15 is 0 Å². The highest BCUT2D eigenvalue weighted by atomic mass is 79.9. The minimum Gasteiger partial charge on any atom is -0.507 e. The number of nitrogens with one attached hydrogen (secondary N) is 1. The molecule has 3 nitrogen and oxygen atoms in total. The number of phenols is 1. The first kappa shape index (κ1) is 18.1. The first-order valence-corrected chi connectivity index (χ1v) is 7.66. The minimum atomic E-state index is -4.98. The molecule has 126 valence electrons. The lowest BCUT2D eigenvalue weighted by Gasteiger charge is -2.14. The molecule has 2 N–H and O–H groups in total. The second-order valence-corrected chi connectivity index (χ2v) is 5.84. The second kappa shape index (κ2) is 7.53. The average molecular weight is 400 g/mol. The Balaban J connectivity index is 2.36. The van der Waals surface area contributed by atoms with Crippen LogP contribution in [0.5, 0.6) is 5.75 Å². The van der Waals surface area contributed by atoms with Crippen molar-refractivity contribution in [2.75, 3.05) is 0 Å². The number of rotatable bonds is 5. The van der Waals surface area contributed by atoms with Crippen molar-refractivity contribution in [2.45, 2.75) is 12.7 Å². The molecule has 2 aromatic rings. The van der Waals surface area contributed by atoms with E-state index in [-0.39, 0.29) is 23.6 Å². The number of ketones is 1. The number of aromatic hydroxyl groups is 1. The standard InChI is InChI=1S/C17H13BrF3NO2/c18-12-6-7-15(23)13(8-12)14(9-16(24)17(19,20)21)22-10-11-4-2-1-3-5-11/h1-9,22-23H,10H2/b14-9+. The van der Waals surface area contributed by atoms with Crippen LogP contribution in [0.15, 0.2) is 59.1 Å². The third-order valence-corrected chi connectivity index (χ3v) is 3.62. The van der Waals surface area contributed by atoms with Gasteiger partial charge in [0.25, 0.3) is 5.78 Å². The van der Waals surface area contributed by atoms with Gasteiger partial charge in [-0.15, -0.1) is 0 Å². The topological polar surface area (TPSA) is 49.3 Å². The van der Waals surface area contributed by atoms with E-state index in [1.54, 1.807) is 30.3 Å². The van der Waals surface area contributed by atoms with E-state index in [2.05, 4.69) is 21.2 Å². The minimum absolute atomic E-state index is 0.0953. The van der Waals surface area contributed by atoms with Crippen molar-refractivity contribution >= 4 is 27.4 Å². The third kappa shape index (κ3) is 4.86. The molecule has 0 heterocycles. The summed E-state index contributed by atoms with van der Waals surface area (Å²) in [6.07, 6.45) is -4.54. The Morgan fingerprint density at radius 1 is 1.17 bits per heavy atom. The van der Waals surface area contributed by atoms with Crippen LogP contribution in [-0.2, 0) is 11.3 Å². The summed E-state index contributed by atoms with van der Waals surface area (Å²) in [5, 5.41) is 12.7. The van der Waals surface area contributed by atoms with Gasteiger partial charge in [0.15, 0.2) is 0 Å². The fraction of sp³-hybridized carbons (Fsp3) is 0.118. The zero-order valence-electron chi connectivity index (χ0n) is 12.3. The lowest BCUT2D eigenvalue weighted by Crippen LogP contribution is -2.22. The maximum atomic E-state index is 12.6. The molecule has 0 radical (unpaired) electrons. The molecule has 0 saturated heterocycles. The van der Waals surface area contributed by atoms with Crippen molar-refractivity contribution in [2.24, 2.45) is 0 Å². The van der Waals surface area contributed by atoms with Gasteiger partial charge in [-0.05, 0) is 23.8 Å². The summed E-state index contributed by atoms with van der Waals surface area (Å²) in [5.41, 5.74) is 0.801. The van der Waals surface area contributed by atoms with Crippen molar-refractivity contribution in [3.8, 4) is 5.75 Å². The average Bonchev–Trinajstić information content (AvgIpc) is 2.53. The van der Waals surface area contributed by atoms with Crippen molar-refractivity contribution < 1.29 is 23.1 Å². The van der Waals surface area contributed by atoms with Crippen LogP contribution in [0.2, 0.25) is 0 Å². The van der Waals surface area contributed by atoms with Gasteiger partial charge in [-0.25, -0.2) is 0 Å². The Labute approximate surface area is 144 Å². The molecular weight excluding hydrogens is 387 g/mol. The van der Waals surface area contributed by atoms with Crippen molar-refractivity contribution in [3.63, 3.8) is 0 Å². The van der Waals surface area contributed by atoms with Gasteiger partial charge >= 0.3 is 6.18 Å². The molecule has 0 spiro atoms. The van der Waals surface area contributed by atoms with E-state index in [0.717, 1.165) is 5.56 Å². The molecule has 0 aliphatic carbocycles. The maximum absolute atomic E-state index is 12.6. The SMILES string of the molecule is O=C(/C=C(/NCc1ccccc1)c1cc(Br)ccc1O)C(F)(F)F. The lowest BCUT2D eigenvalue weighted by molar-refractivity contribution is -0.165. The highest BCUT2D eigenvalue weighted by molar-refractivity contribution is 9.10. The number of carbonyl (C=O) groups is 1. The fourth-order valence-corrected chi connectivity index (χ4v) is 2.32. The number of halogens is 4. The molecule has 0 saturated carbocycles. The van der Waals surface area contributed by atoms with Crippen LogP contribution in [-0.4, -0.2) is 17.1 Å². The van der Waals surface area contributed by atoms with E-state index in [1.165, 1.54) is 12.1 Å². The Morgan fingerprint density at radius 2 is 1.83 bits per heavy atom. The largest absolute Gasteiger partial charge is 0.507 e. The normalized spacial score (nSPS) is 12.1. The van der Waals surface area contributed by atoms with Crippen LogP contribution in [0.4, 0.5) is 13.2 Å². The number of carbonyl (C=O) groups excluding carboxylic acids is 1. The summed E-state index contributed by atoms with van der Waals surface area (Å²) in [6, 6.07) is 13.3. The molecule has 0 atom stereocenters. The number of benzene rings is 2. The van der Waals surface area contributed by atoms with E-state index in [9.17, 15) is 23.1 Å². The summed E-state index contributed by atoms with van der Waals surface area (Å²) in [4.78, 5) is 11.3. The van der Waals surface area contributed by atoms with Gasteiger partial charge in [0.1, 0.15) is 5.75 Å². The molecule has 2 aromatic carbocycles. The lowest BCUT2D eigenvalue weighted by atomic mass is 10.1. The summed E-state index contributed by atoms with van der Waals surface area (Å²) in [7, 11) is 0. The van der Waals surface area contributed by atoms with Gasteiger partial charge < -0.3 is 10.4 Å². The van der Waals surface area contributed by atoms with Crippen molar-refractivity contribution in [3.05, 3.63) is 70.2 Å². The Kier molecular flexibility index (Phi) is 5.66. The molecule has 0 aliphatic heterocycles. The first-order chi connectivity index (χ1) is 11.3. The molecule has 7 heteroatoms. The number of hydrogen-bond acceptors (Lipinski definition) is 3. The van der Waals surface area contributed by atoms with Gasteiger partial charge in [0, 0.05) is 28.4 Å². The fourth-order valence-electron chi connectivity index (χ4n) is 1.95. The highest BCUT2D eigenvalue weighted by Crippen LogP contribution is 2.28. The predicted octanol–water partition coefficient (Wildman–Crippen LogP) is 4.42. The number of phenolic OH excluding ortho intramolecular Hbond substituents is 1. The number of alkyl halides is 3. The van der Waals surface area contributed by atoms with Gasteiger partial charge in [-0.1, -0.05) is 46.3 Å². The smallest absolute Gasteiger partial charge is 0.454 e. The predicted molar refractivity (Wildman–Crippen MR) is 88.1 cm³/mol. The quantitative estimate of drug-likeness (QED) is 0.731. The summed E-state index contributed by atoms with van der Waals surface area (Å²) in [5.74, 6) is -2.24. The van der Waals surface area contributed by atoms with Crippen LogP contribution in [0.25, 0.3) is 5.70 Å². The van der Waals surface area contributed by atoms with Crippen LogP contribution in [0.1, 0.15) is 11.1 Å². The zero-order chi connectivity index (χ0) is 17.7. The molecule has 24 heavy (non-hydrogen) atoms. The van der Waals surface area contributed by atoms with Gasteiger partial charge in [0.05, 0.1) is 0 Å². The molecule has 0 fully saturated rings. The van der Waals surface area contributed by atoms with E-state index in [1.807, 2.05) is 6.07 Å². The second-order valence-electron chi connectivity index (χ2n) is 4.92.